The summed E-state index contributed by atoms with van der Waals surface area (Å²) in [7, 11) is -3.63. The second kappa shape index (κ2) is 6.70. The van der Waals surface area contributed by atoms with Gasteiger partial charge in [-0.3, -0.25) is 0 Å². The molecule has 6 heteroatoms. The molecule has 4 nitrogen and oxygen atoms in total. The van der Waals surface area contributed by atoms with Gasteiger partial charge in [-0.15, -0.1) is 0 Å². The molecular formula is C15H17BrN2O2S. The molecule has 2 aromatic rings. The quantitative estimate of drug-likeness (QED) is 0.851. The number of rotatable bonds is 5. The summed E-state index contributed by atoms with van der Waals surface area (Å²) in [5.74, 6) is 0. The second-order valence-corrected chi connectivity index (χ2v) is 7.32. The van der Waals surface area contributed by atoms with Crippen LogP contribution in [0.1, 0.15) is 24.1 Å². The first kappa shape index (κ1) is 16.2. The van der Waals surface area contributed by atoms with Crippen molar-refractivity contribution >= 4 is 26.0 Å². The standard InChI is InChI=1S/C15H17BrN2O2S/c1-11(18-10-12-2-6-14(16)7-3-12)13-4-8-15(9-5-13)21(17,19)20/h2-9,11,18H,10H2,1H3,(H2,17,19,20). The molecule has 0 spiro atoms. The minimum Gasteiger partial charge on any atom is -0.306 e. The van der Waals surface area contributed by atoms with Crippen LogP contribution in [0.15, 0.2) is 57.9 Å². The molecule has 0 aliphatic heterocycles. The molecule has 0 aliphatic carbocycles. The van der Waals surface area contributed by atoms with Gasteiger partial charge in [-0.25, -0.2) is 13.6 Å². The van der Waals surface area contributed by atoms with E-state index in [1.807, 2.05) is 31.2 Å². The molecule has 2 rings (SSSR count). The van der Waals surface area contributed by atoms with Crippen LogP contribution in [-0.4, -0.2) is 8.42 Å². The van der Waals surface area contributed by atoms with Crippen molar-refractivity contribution in [3.63, 3.8) is 0 Å². The van der Waals surface area contributed by atoms with Crippen molar-refractivity contribution in [2.75, 3.05) is 0 Å². The van der Waals surface area contributed by atoms with Crippen molar-refractivity contribution in [3.8, 4) is 0 Å². The molecule has 21 heavy (non-hydrogen) atoms. The van der Waals surface area contributed by atoms with E-state index in [4.69, 9.17) is 5.14 Å². The number of nitrogens with two attached hydrogens (primary N) is 1. The van der Waals surface area contributed by atoms with Gasteiger partial charge in [-0.1, -0.05) is 40.2 Å². The molecule has 0 saturated heterocycles. The fourth-order valence-electron chi connectivity index (χ4n) is 1.94. The van der Waals surface area contributed by atoms with Crippen molar-refractivity contribution in [3.05, 3.63) is 64.1 Å². The highest BCUT2D eigenvalue weighted by Gasteiger charge is 2.09. The largest absolute Gasteiger partial charge is 0.306 e. The fraction of sp³-hybridized carbons (Fsp3) is 0.200. The molecule has 0 heterocycles. The maximum Gasteiger partial charge on any atom is 0.238 e. The van der Waals surface area contributed by atoms with Crippen molar-refractivity contribution in [2.45, 2.75) is 24.4 Å². The van der Waals surface area contributed by atoms with E-state index in [-0.39, 0.29) is 10.9 Å². The van der Waals surface area contributed by atoms with E-state index < -0.39 is 10.0 Å². The van der Waals surface area contributed by atoms with E-state index in [1.54, 1.807) is 12.1 Å². The Hall–Kier alpha value is -1.21. The van der Waals surface area contributed by atoms with Crippen LogP contribution in [0.3, 0.4) is 0 Å². The predicted octanol–water partition coefficient (Wildman–Crippen LogP) is 2.95. The molecule has 0 aromatic heterocycles. The SMILES string of the molecule is CC(NCc1ccc(Br)cc1)c1ccc(S(N)(=O)=O)cc1. The Morgan fingerprint density at radius 1 is 1.10 bits per heavy atom. The summed E-state index contributed by atoms with van der Waals surface area (Å²) >= 11 is 3.41. The summed E-state index contributed by atoms with van der Waals surface area (Å²) in [6.45, 7) is 2.77. The zero-order valence-corrected chi connectivity index (χ0v) is 14.0. The van der Waals surface area contributed by atoms with Crippen LogP contribution in [-0.2, 0) is 16.6 Å². The predicted molar refractivity (Wildman–Crippen MR) is 87.2 cm³/mol. The second-order valence-electron chi connectivity index (χ2n) is 4.84. The Kier molecular flexibility index (Phi) is 5.16. The maximum absolute atomic E-state index is 11.2. The highest BCUT2D eigenvalue weighted by atomic mass is 79.9. The van der Waals surface area contributed by atoms with Gasteiger partial charge < -0.3 is 5.32 Å². The molecule has 1 atom stereocenters. The topological polar surface area (TPSA) is 72.2 Å². The van der Waals surface area contributed by atoms with E-state index in [9.17, 15) is 8.42 Å². The first-order chi connectivity index (χ1) is 9.86. The molecule has 0 radical (unpaired) electrons. The lowest BCUT2D eigenvalue weighted by molar-refractivity contribution is 0.573. The third-order valence-corrected chi connectivity index (χ3v) is 4.69. The van der Waals surface area contributed by atoms with Crippen molar-refractivity contribution in [1.82, 2.24) is 5.32 Å². The third-order valence-electron chi connectivity index (χ3n) is 3.23. The van der Waals surface area contributed by atoms with E-state index >= 15 is 0 Å². The first-order valence-electron chi connectivity index (χ1n) is 6.47. The monoisotopic (exact) mass is 368 g/mol. The lowest BCUT2D eigenvalue weighted by Gasteiger charge is -2.14. The van der Waals surface area contributed by atoms with Gasteiger partial charge in [0, 0.05) is 17.1 Å². The van der Waals surface area contributed by atoms with Gasteiger partial charge in [0.15, 0.2) is 0 Å². The van der Waals surface area contributed by atoms with E-state index in [0.717, 1.165) is 16.6 Å². The number of sulfonamides is 1. The van der Waals surface area contributed by atoms with Crippen LogP contribution < -0.4 is 10.5 Å². The smallest absolute Gasteiger partial charge is 0.238 e. The Morgan fingerprint density at radius 3 is 2.19 bits per heavy atom. The van der Waals surface area contributed by atoms with Crippen molar-refractivity contribution in [2.24, 2.45) is 5.14 Å². The van der Waals surface area contributed by atoms with Gasteiger partial charge in [0.2, 0.25) is 10.0 Å². The Bertz CT molecular complexity index is 697. The van der Waals surface area contributed by atoms with E-state index in [1.165, 1.54) is 17.7 Å². The van der Waals surface area contributed by atoms with E-state index in [0.29, 0.717) is 0 Å². The third kappa shape index (κ3) is 4.64. The fourth-order valence-corrected chi connectivity index (χ4v) is 2.72. The molecule has 112 valence electrons. The van der Waals surface area contributed by atoms with Crippen LogP contribution in [0.5, 0.6) is 0 Å². The Labute approximate surface area is 133 Å². The number of primary sulfonamides is 1. The zero-order valence-electron chi connectivity index (χ0n) is 11.6. The van der Waals surface area contributed by atoms with Gasteiger partial charge in [-0.2, -0.15) is 0 Å². The summed E-state index contributed by atoms with van der Waals surface area (Å²) in [5, 5.41) is 8.48. The summed E-state index contributed by atoms with van der Waals surface area (Å²) < 4.78 is 23.5. The molecule has 0 saturated carbocycles. The van der Waals surface area contributed by atoms with Crippen LogP contribution in [0.2, 0.25) is 0 Å². The maximum atomic E-state index is 11.2. The summed E-state index contributed by atoms with van der Waals surface area (Å²) in [6.07, 6.45) is 0. The van der Waals surface area contributed by atoms with Crippen LogP contribution >= 0.6 is 15.9 Å². The van der Waals surface area contributed by atoms with Gasteiger partial charge >= 0.3 is 0 Å². The lowest BCUT2D eigenvalue weighted by Crippen LogP contribution is -2.18. The number of nitrogens with one attached hydrogen (secondary N) is 1. The molecule has 0 bridgehead atoms. The van der Waals surface area contributed by atoms with Crippen LogP contribution in [0.25, 0.3) is 0 Å². The number of halogens is 1. The normalized spacial score (nSPS) is 13.1. The molecule has 0 amide bonds. The van der Waals surface area contributed by atoms with Crippen LogP contribution in [0, 0.1) is 0 Å². The highest BCUT2D eigenvalue weighted by Crippen LogP contribution is 2.16. The van der Waals surface area contributed by atoms with Gasteiger partial charge in [-0.05, 0) is 42.3 Å². The molecule has 2 aromatic carbocycles. The lowest BCUT2D eigenvalue weighted by atomic mass is 10.1. The van der Waals surface area contributed by atoms with Gasteiger partial charge in [0.25, 0.3) is 0 Å². The van der Waals surface area contributed by atoms with Gasteiger partial charge in [0.05, 0.1) is 4.90 Å². The molecular weight excluding hydrogens is 352 g/mol. The summed E-state index contributed by atoms with van der Waals surface area (Å²) in [6, 6.07) is 14.8. The van der Waals surface area contributed by atoms with E-state index in [2.05, 4.69) is 21.2 Å². The zero-order chi connectivity index (χ0) is 15.5. The number of benzene rings is 2. The highest BCUT2D eigenvalue weighted by molar-refractivity contribution is 9.10. The summed E-state index contributed by atoms with van der Waals surface area (Å²) in [5.41, 5.74) is 2.20. The summed E-state index contributed by atoms with van der Waals surface area (Å²) in [4.78, 5) is 0.131. The van der Waals surface area contributed by atoms with Crippen LogP contribution in [0.4, 0.5) is 0 Å². The molecule has 0 aliphatic rings. The molecule has 1 unspecified atom stereocenters. The number of hydrogen-bond acceptors (Lipinski definition) is 3. The Morgan fingerprint density at radius 2 is 1.67 bits per heavy atom. The average molecular weight is 369 g/mol. The average Bonchev–Trinajstić information content (AvgIpc) is 2.45. The molecule has 0 fully saturated rings. The van der Waals surface area contributed by atoms with Crippen molar-refractivity contribution < 1.29 is 8.42 Å². The minimum absolute atomic E-state index is 0.114. The minimum atomic E-state index is -3.63. The van der Waals surface area contributed by atoms with Crippen molar-refractivity contribution in [1.29, 1.82) is 0 Å². The number of hydrogen-bond donors (Lipinski definition) is 2. The first-order valence-corrected chi connectivity index (χ1v) is 8.81. The molecule has 3 N–H and O–H groups in total. The Balaban J connectivity index is 2.00. The van der Waals surface area contributed by atoms with Gasteiger partial charge in [0.1, 0.15) is 0 Å².